The lowest BCUT2D eigenvalue weighted by atomic mass is 9.95. The predicted molar refractivity (Wildman–Crippen MR) is 150 cm³/mol. The first kappa shape index (κ1) is 30.2. The van der Waals surface area contributed by atoms with Crippen molar-refractivity contribution in [1.82, 2.24) is 26.3 Å². The number of amides is 4. The number of ether oxygens (including phenoxy) is 1. The van der Waals surface area contributed by atoms with Crippen LogP contribution >= 0.6 is 0 Å². The van der Waals surface area contributed by atoms with Gasteiger partial charge in [0.15, 0.2) is 0 Å². The number of carbonyl (C=O) groups excluding carboxylic acids is 4. The first-order valence-corrected chi connectivity index (χ1v) is 13.6. The number of hydrogen-bond donors (Lipinski definition) is 5. The molecule has 1 aromatic carbocycles. The van der Waals surface area contributed by atoms with Crippen LogP contribution in [0.25, 0.3) is 10.9 Å². The molecule has 40 heavy (non-hydrogen) atoms. The van der Waals surface area contributed by atoms with Crippen LogP contribution < -0.4 is 26.0 Å². The highest BCUT2D eigenvalue weighted by atomic mass is 16.5. The van der Waals surface area contributed by atoms with Crippen molar-refractivity contribution in [2.45, 2.75) is 58.5 Å². The van der Waals surface area contributed by atoms with Crippen LogP contribution in [0.4, 0.5) is 0 Å². The number of H-pyrrole nitrogens is 1. The van der Waals surface area contributed by atoms with E-state index < -0.39 is 29.8 Å². The van der Waals surface area contributed by atoms with Crippen molar-refractivity contribution in [1.29, 1.82) is 5.26 Å². The minimum atomic E-state index is -0.895. The molecule has 214 valence electrons. The second-order valence-corrected chi connectivity index (χ2v) is 10.3. The molecule has 1 aromatic heterocycles. The molecule has 1 aliphatic heterocycles. The second kappa shape index (κ2) is 14.2. The molecule has 0 saturated carbocycles. The van der Waals surface area contributed by atoms with Gasteiger partial charge in [0.05, 0.1) is 7.11 Å². The van der Waals surface area contributed by atoms with Crippen LogP contribution in [0.1, 0.15) is 56.9 Å². The molecule has 0 aliphatic carbocycles. The normalized spacial score (nSPS) is 16.6. The van der Waals surface area contributed by atoms with Gasteiger partial charge >= 0.3 is 0 Å². The van der Waals surface area contributed by atoms with Crippen molar-refractivity contribution in [3.8, 4) is 11.8 Å². The van der Waals surface area contributed by atoms with Crippen LogP contribution in [0.15, 0.2) is 35.9 Å². The lowest BCUT2D eigenvalue weighted by Gasteiger charge is -2.24. The SMILES string of the molecule is CCCNC(=O)/C(C#N)=C\C(CC1CCNC1=O)NC(=O)C(CC(C)C)NC(=O)c1cc2c(OC)cccc2[nH]1. The topological polar surface area (TPSA) is 165 Å². The van der Waals surface area contributed by atoms with Crippen molar-refractivity contribution < 1.29 is 23.9 Å². The summed E-state index contributed by atoms with van der Waals surface area (Å²) in [4.78, 5) is 54.6. The van der Waals surface area contributed by atoms with E-state index in [1.807, 2.05) is 39.0 Å². The molecule has 11 nitrogen and oxygen atoms in total. The summed E-state index contributed by atoms with van der Waals surface area (Å²) in [5.41, 5.74) is 0.855. The predicted octanol–water partition coefficient (Wildman–Crippen LogP) is 2.31. The number of aromatic nitrogens is 1. The Morgan fingerprint density at radius 3 is 2.65 bits per heavy atom. The van der Waals surface area contributed by atoms with E-state index in [4.69, 9.17) is 4.74 Å². The smallest absolute Gasteiger partial charge is 0.268 e. The Hall–Kier alpha value is -4.33. The highest BCUT2D eigenvalue weighted by molar-refractivity contribution is 6.01. The quantitative estimate of drug-likeness (QED) is 0.190. The van der Waals surface area contributed by atoms with Gasteiger partial charge in [-0.2, -0.15) is 5.26 Å². The van der Waals surface area contributed by atoms with E-state index in [0.717, 1.165) is 10.9 Å². The number of methoxy groups -OCH3 is 1. The van der Waals surface area contributed by atoms with Crippen molar-refractivity contribution in [2.24, 2.45) is 11.8 Å². The number of nitriles is 1. The number of carbonyl (C=O) groups is 4. The van der Waals surface area contributed by atoms with E-state index in [1.165, 1.54) is 6.08 Å². The van der Waals surface area contributed by atoms with Gasteiger partial charge in [-0.1, -0.05) is 26.8 Å². The van der Waals surface area contributed by atoms with E-state index >= 15 is 0 Å². The van der Waals surface area contributed by atoms with E-state index in [0.29, 0.717) is 38.1 Å². The molecular weight excluding hydrogens is 512 g/mol. The van der Waals surface area contributed by atoms with Crippen LogP contribution in [0.5, 0.6) is 5.75 Å². The van der Waals surface area contributed by atoms with Gasteiger partial charge in [-0.3, -0.25) is 19.2 Å². The molecule has 1 aliphatic rings. The third kappa shape index (κ3) is 7.85. The average molecular weight is 551 g/mol. The molecule has 1 saturated heterocycles. The average Bonchev–Trinajstić information content (AvgIpc) is 3.55. The number of hydrogen-bond acceptors (Lipinski definition) is 6. The Labute approximate surface area is 234 Å². The number of benzene rings is 1. The molecular formula is C29H38N6O5. The number of nitrogens with one attached hydrogen (secondary N) is 5. The molecule has 5 N–H and O–H groups in total. The number of aromatic amines is 1. The number of nitrogens with zero attached hydrogens (tertiary/aromatic N) is 1. The summed E-state index contributed by atoms with van der Waals surface area (Å²) in [6.07, 6.45) is 3.25. The molecule has 0 bridgehead atoms. The zero-order valence-electron chi connectivity index (χ0n) is 23.4. The van der Waals surface area contributed by atoms with E-state index in [9.17, 15) is 24.4 Å². The molecule has 1 fully saturated rings. The zero-order valence-corrected chi connectivity index (χ0v) is 23.4. The van der Waals surface area contributed by atoms with Gasteiger partial charge in [-0.25, -0.2) is 0 Å². The number of fused-ring (bicyclic) bond motifs is 1. The van der Waals surface area contributed by atoms with Crippen LogP contribution in [0.3, 0.4) is 0 Å². The molecule has 0 radical (unpaired) electrons. The van der Waals surface area contributed by atoms with Crippen LogP contribution in [0.2, 0.25) is 0 Å². The summed E-state index contributed by atoms with van der Waals surface area (Å²) < 4.78 is 5.38. The van der Waals surface area contributed by atoms with E-state index in [-0.39, 0.29) is 35.4 Å². The third-order valence-corrected chi connectivity index (χ3v) is 6.72. The van der Waals surface area contributed by atoms with Crippen molar-refractivity contribution in [3.63, 3.8) is 0 Å². The third-order valence-electron chi connectivity index (χ3n) is 6.72. The maximum absolute atomic E-state index is 13.5. The van der Waals surface area contributed by atoms with Gasteiger partial charge < -0.3 is 31.0 Å². The Morgan fingerprint density at radius 1 is 1.25 bits per heavy atom. The van der Waals surface area contributed by atoms with Crippen LogP contribution in [-0.2, 0) is 14.4 Å². The minimum Gasteiger partial charge on any atom is -0.496 e. The highest BCUT2D eigenvalue weighted by Crippen LogP contribution is 2.26. The maximum atomic E-state index is 13.5. The fourth-order valence-electron chi connectivity index (χ4n) is 4.69. The van der Waals surface area contributed by atoms with Gasteiger partial charge in [-0.15, -0.1) is 0 Å². The summed E-state index contributed by atoms with van der Waals surface area (Å²) in [6.45, 7) is 6.70. The molecule has 3 rings (SSSR count). The lowest BCUT2D eigenvalue weighted by Crippen LogP contribution is -2.50. The maximum Gasteiger partial charge on any atom is 0.268 e. The first-order chi connectivity index (χ1) is 19.2. The van der Waals surface area contributed by atoms with E-state index in [2.05, 4.69) is 26.3 Å². The Morgan fingerprint density at radius 2 is 2.02 bits per heavy atom. The first-order valence-electron chi connectivity index (χ1n) is 13.6. The largest absolute Gasteiger partial charge is 0.496 e. The van der Waals surface area contributed by atoms with Crippen LogP contribution in [0, 0.1) is 23.2 Å². The van der Waals surface area contributed by atoms with Gasteiger partial charge in [-0.05, 0) is 55.9 Å². The van der Waals surface area contributed by atoms with Crippen LogP contribution in [-0.4, -0.2) is 60.9 Å². The standard InChI is InChI=1S/C29H38N6O5/c1-5-10-31-27(37)19(16-30)14-20(13-18-9-11-32-26(18)36)33-28(38)23(12-17(2)3)35-29(39)24-15-21-22(34-24)7-6-8-25(21)40-4/h6-8,14-15,17-18,20,23,34H,5,9-13H2,1-4H3,(H,31,37)(H,32,36)(H,33,38)(H,35,39)/b19-14-. The molecule has 2 heterocycles. The molecule has 0 spiro atoms. The summed E-state index contributed by atoms with van der Waals surface area (Å²) in [7, 11) is 1.55. The molecule has 11 heteroatoms. The van der Waals surface area contributed by atoms with Crippen molar-refractivity contribution in [3.05, 3.63) is 41.6 Å². The second-order valence-electron chi connectivity index (χ2n) is 10.3. The fraction of sp³-hybridized carbons (Fsp3) is 0.483. The molecule has 4 amide bonds. The molecule has 3 unspecified atom stereocenters. The monoisotopic (exact) mass is 550 g/mol. The minimum absolute atomic E-state index is 0.0722. The summed E-state index contributed by atoms with van der Waals surface area (Å²) >= 11 is 0. The lowest BCUT2D eigenvalue weighted by molar-refractivity contribution is -0.125. The van der Waals surface area contributed by atoms with Gasteiger partial charge in [0.2, 0.25) is 11.8 Å². The Balaban J connectivity index is 1.83. The molecule has 2 aromatic rings. The summed E-state index contributed by atoms with van der Waals surface area (Å²) in [5, 5.41) is 21.5. The summed E-state index contributed by atoms with van der Waals surface area (Å²) in [6, 6.07) is 7.34. The van der Waals surface area contributed by atoms with Gasteiger partial charge in [0.25, 0.3) is 11.8 Å². The Kier molecular flexibility index (Phi) is 10.7. The molecule has 3 atom stereocenters. The number of rotatable bonds is 13. The van der Waals surface area contributed by atoms with Crippen molar-refractivity contribution >= 4 is 34.5 Å². The van der Waals surface area contributed by atoms with Gasteiger partial charge in [0, 0.05) is 36.0 Å². The van der Waals surface area contributed by atoms with Crippen molar-refractivity contribution in [2.75, 3.05) is 20.2 Å². The Bertz CT molecular complexity index is 1310. The van der Waals surface area contributed by atoms with Gasteiger partial charge in [0.1, 0.15) is 29.1 Å². The summed E-state index contributed by atoms with van der Waals surface area (Å²) in [5.74, 6) is -1.29. The zero-order chi connectivity index (χ0) is 29.2. The highest BCUT2D eigenvalue weighted by Gasteiger charge is 2.30. The van der Waals surface area contributed by atoms with E-state index in [1.54, 1.807) is 19.2 Å². The fourth-order valence-corrected chi connectivity index (χ4v) is 4.69.